The molecular weight excluding hydrogens is 472 g/mol. The number of hydrogen-bond donors (Lipinski definition) is 1. The number of benzene rings is 3. The monoisotopic (exact) mass is 496 g/mol. The second-order valence-corrected chi connectivity index (χ2v) is 9.15. The second kappa shape index (κ2) is 9.51. The van der Waals surface area contributed by atoms with Crippen LogP contribution in [0.5, 0.6) is 5.75 Å². The zero-order valence-corrected chi connectivity index (χ0v) is 20.6. The Balaban J connectivity index is 1.29. The number of aromatic nitrogens is 3. The largest absolute Gasteiger partial charge is 0.497 e. The van der Waals surface area contributed by atoms with Crippen LogP contribution in [0.1, 0.15) is 0 Å². The maximum absolute atomic E-state index is 6.31. The number of ether oxygens (including phenoxy) is 1. The Morgan fingerprint density at radius 3 is 2.42 bits per heavy atom. The molecule has 3 heterocycles. The number of nitrogens with zero attached hydrogens (tertiary/aromatic N) is 5. The summed E-state index contributed by atoms with van der Waals surface area (Å²) in [6, 6.07) is 23.9. The number of hydrogen-bond acceptors (Lipinski definition) is 7. The van der Waals surface area contributed by atoms with Crippen molar-refractivity contribution >= 4 is 56.5 Å². The van der Waals surface area contributed by atoms with Gasteiger partial charge in [0.25, 0.3) is 0 Å². The number of halogens is 1. The minimum Gasteiger partial charge on any atom is -0.497 e. The third kappa shape index (κ3) is 4.33. The van der Waals surface area contributed by atoms with Gasteiger partial charge in [0.05, 0.1) is 23.8 Å². The molecule has 8 heteroatoms. The van der Waals surface area contributed by atoms with Crippen molar-refractivity contribution in [1.29, 1.82) is 0 Å². The molecule has 0 unspecified atom stereocenters. The van der Waals surface area contributed by atoms with Crippen molar-refractivity contribution in [3.05, 3.63) is 84.0 Å². The molecule has 7 nitrogen and oxygen atoms in total. The van der Waals surface area contributed by atoms with Gasteiger partial charge in [0.2, 0.25) is 5.95 Å². The summed E-state index contributed by atoms with van der Waals surface area (Å²) in [7, 11) is 1.69. The van der Waals surface area contributed by atoms with Gasteiger partial charge in [-0.3, -0.25) is 0 Å². The molecular formula is C28H25ClN6O. The van der Waals surface area contributed by atoms with Crippen molar-refractivity contribution in [3.8, 4) is 5.75 Å². The van der Waals surface area contributed by atoms with E-state index in [2.05, 4.69) is 32.2 Å². The standard InChI is InChI=1S/C28H25ClN6O/c1-36-21-8-10-24-23(18-21)27(22-9-7-19(29)17-25(22)32-24)34-13-15-35(16-14-34)28-30-12-11-26(33-28)31-20-5-3-2-4-6-20/h2-12,17-18H,13-16H2,1H3,(H,30,31,33). The summed E-state index contributed by atoms with van der Waals surface area (Å²) in [4.78, 5) is 18.8. The molecule has 0 aliphatic carbocycles. The molecule has 0 radical (unpaired) electrons. The lowest BCUT2D eigenvalue weighted by molar-refractivity contribution is 0.415. The molecule has 1 fully saturated rings. The van der Waals surface area contributed by atoms with Crippen molar-refractivity contribution < 1.29 is 4.74 Å². The zero-order chi connectivity index (χ0) is 24.5. The van der Waals surface area contributed by atoms with Crippen molar-refractivity contribution in [1.82, 2.24) is 15.0 Å². The van der Waals surface area contributed by atoms with Gasteiger partial charge in [0.1, 0.15) is 11.6 Å². The van der Waals surface area contributed by atoms with Crippen LogP contribution in [0, 0.1) is 0 Å². The highest BCUT2D eigenvalue weighted by atomic mass is 35.5. The number of nitrogens with one attached hydrogen (secondary N) is 1. The lowest BCUT2D eigenvalue weighted by Crippen LogP contribution is -2.47. The van der Waals surface area contributed by atoms with E-state index in [1.807, 2.05) is 60.7 Å². The highest BCUT2D eigenvalue weighted by Gasteiger charge is 2.23. The van der Waals surface area contributed by atoms with Crippen molar-refractivity contribution in [2.45, 2.75) is 0 Å². The fraction of sp³-hybridized carbons (Fsp3) is 0.179. The van der Waals surface area contributed by atoms with Crippen LogP contribution in [0.3, 0.4) is 0 Å². The Hall–Kier alpha value is -4.10. The van der Waals surface area contributed by atoms with Gasteiger partial charge in [-0.15, -0.1) is 0 Å². The quantitative estimate of drug-likeness (QED) is 0.303. The summed E-state index contributed by atoms with van der Waals surface area (Å²) in [5.41, 5.74) is 3.97. The Labute approximate surface area is 214 Å². The average Bonchev–Trinajstić information content (AvgIpc) is 2.92. The molecule has 0 spiro atoms. The Kier molecular flexibility index (Phi) is 5.91. The third-order valence-corrected chi connectivity index (χ3v) is 6.72. The number of piperazine rings is 1. The molecule has 180 valence electrons. The van der Waals surface area contributed by atoms with Crippen LogP contribution in [0.2, 0.25) is 5.02 Å². The van der Waals surface area contributed by atoms with Gasteiger partial charge >= 0.3 is 0 Å². The van der Waals surface area contributed by atoms with Crippen molar-refractivity contribution in [2.75, 3.05) is 48.4 Å². The smallest absolute Gasteiger partial charge is 0.227 e. The summed E-state index contributed by atoms with van der Waals surface area (Å²) >= 11 is 6.31. The van der Waals surface area contributed by atoms with E-state index in [1.54, 1.807) is 13.3 Å². The van der Waals surface area contributed by atoms with E-state index in [9.17, 15) is 0 Å². The van der Waals surface area contributed by atoms with Gasteiger partial charge in [-0.2, -0.15) is 4.98 Å². The van der Waals surface area contributed by atoms with Crippen LogP contribution in [0.15, 0.2) is 79.0 Å². The van der Waals surface area contributed by atoms with Crippen LogP contribution in [0.25, 0.3) is 21.8 Å². The van der Waals surface area contributed by atoms with E-state index in [1.165, 1.54) is 0 Å². The van der Waals surface area contributed by atoms with Crippen LogP contribution in [-0.2, 0) is 0 Å². The average molecular weight is 497 g/mol. The highest BCUT2D eigenvalue weighted by molar-refractivity contribution is 6.31. The maximum Gasteiger partial charge on any atom is 0.227 e. The van der Waals surface area contributed by atoms with E-state index in [4.69, 9.17) is 26.3 Å². The summed E-state index contributed by atoms with van der Waals surface area (Å²) in [6.45, 7) is 3.26. The van der Waals surface area contributed by atoms with E-state index in [-0.39, 0.29) is 0 Å². The number of pyridine rings is 1. The Bertz CT molecular complexity index is 1540. The molecule has 1 aliphatic rings. The molecule has 1 N–H and O–H groups in total. The molecule has 0 bridgehead atoms. The van der Waals surface area contributed by atoms with Crippen LogP contribution in [0.4, 0.5) is 23.1 Å². The van der Waals surface area contributed by atoms with Gasteiger partial charge < -0.3 is 19.9 Å². The van der Waals surface area contributed by atoms with Gasteiger partial charge in [-0.05, 0) is 54.6 Å². The molecule has 0 saturated carbocycles. The summed E-state index contributed by atoms with van der Waals surface area (Å²) in [5, 5.41) is 6.19. The van der Waals surface area contributed by atoms with Gasteiger partial charge in [-0.25, -0.2) is 9.97 Å². The molecule has 1 aliphatic heterocycles. The molecule has 0 atom stereocenters. The molecule has 6 rings (SSSR count). The molecule has 3 aromatic carbocycles. The van der Waals surface area contributed by atoms with Crippen LogP contribution in [-0.4, -0.2) is 48.2 Å². The van der Waals surface area contributed by atoms with Gasteiger partial charge in [0.15, 0.2) is 0 Å². The lowest BCUT2D eigenvalue weighted by Gasteiger charge is -2.37. The first-order valence-corrected chi connectivity index (χ1v) is 12.3. The topological polar surface area (TPSA) is 66.4 Å². The first-order valence-electron chi connectivity index (χ1n) is 11.9. The fourth-order valence-corrected chi connectivity index (χ4v) is 4.88. The van der Waals surface area contributed by atoms with Crippen LogP contribution >= 0.6 is 11.6 Å². The van der Waals surface area contributed by atoms with E-state index in [0.29, 0.717) is 5.02 Å². The van der Waals surface area contributed by atoms with Gasteiger partial charge in [-0.1, -0.05) is 29.8 Å². The molecule has 1 saturated heterocycles. The van der Waals surface area contributed by atoms with Crippen molar-refractivity contribution in [3.63, 3.8) is 0 Å². The number of methoxy groups -OCH3 is 1. The third-order valence-electron chi connectivity index (χ3n) is 6.48. The van der Waals surface area contributed by atoms with E-state index < -0.39 is 0 Å². The first-order chi connectivity index (χ1) is 17.7. The highest BCUT2D eigenvalue weighted by Crippen LogP contribution is 2.37. The second-order valence-electron chi connectivity index (χ2n) is 8.71. The summed E-state index contributed by atoms with van der Waals surface area (Å²) in [5.74, 6) is 2.32. The fourth-order valence-electron chi connectivity index (χ4n) is 4.71. The van der Waals surface area contributed by atoms with E-state index in [0.717, 1.165) is 76.9 Å². The molecule has 36 heavy (non-hydrogen) atoms. The molecule has 0 amide bonds. The van der Waals surface area contributed by atoms with Crippen LogP contribution < -0.4 is 19.9 Å². The minimum absolute atomic E-state index is 0.680. The maximum atomic E-state index is 6.31. The Morgan fingerprint density at radius 1 is 0.806 bits per heavy atom. The molecule has 2 aromatic heterocycles. The number of para-hydroxylation sites is 1. The predicted molar refractivity (Wildman–Crippen MR) is 147 cm³/mol. The lowest BCUT2D eigenvalue weighted by atomic mass is 10.1. The molecule has 5 aromatic rings. The first kappa shape index (κ1) is 22.4. The minimum atomic E-state index is 0.680. The normalized spacial score (nSPS) is 13.8. The van der Waals surface area contributed by atoms with Crippen molar-refractivity contribution in [2.24, 2.45) is 0 Å². The van der Waals surface area contributed by atoms with E-state index >= 15 is 0 Å². The Morgan fingerprint density at radius 2 is 1.61 bits per heavy atom. The van der Waals surface area contributed by atoms with Gasteiger partial charge in [0, 0.05) is 53.9 Å². The summed E-state index contributed by atoms with van der Waals surface area (Å²) < 4.78 is 5.53. The zero-order valence-electron chi connectivity index (χ0n) is 19.9. The predicted octanol–water partition coefficient (Wildman–Crippen LogP) is 5.91. The SMILES string of the molecule is COc1ccc2nc3cc(Cl)ccc3c(N3CCN(c4nccc(Nc5ccccc5)n4)CC3)c2c1. The number of anilines is 4. The number of fused-ring (bicyclic) bond motifs is 2. The summed E-state index contributed by atoms with van der Waals surface area (Å²) in [6.07, 6.45) is 1.81. The number of rotatable bonds is 5.